The Morgan fingerprint density at radius 3 is 2.45 bits per heavy atom. The van der Waals surface area contributed by atoms with E-state index >= 15 is 0 Å². The summed E-state index contributed by atoms with van der Waals surface area (Å²) in [5.74, 6) is 1.66. The highest BCUT2D eigenvalue weighted by atomic mass is 16.7. The second kappa shape index (κ2) is 5.55. The monoisotopic (exact) mass is 269 g/mol. The molecule has 2 aromatic rings. The van der Waals surface area contributed by atoms with E-state index in [-0.39, 0.29) is 0 Å². The average molecular weight is 269 g/mol. The predicted octanol–water partition coefficient (Wildman–Crippen LogP) is 3.23. The highest BCUT2D eigenvalue weighted by Crippen LogP contribution is 2.35. The van der Waals surface area contributed by atoms with Gasteiger partial charge in [-0.25, -0.2) is 0 Å². The van der Waals surface area contributed by atoms with Crippen LogP contribution >= 0.6 is 0 Å². The normalized spacial score (nSPS) is 14.3. The molecule has 2 aromatic carbocycles. The highest BCUT2D eigenvalue weighted by molar-refractivity contribution is 5.67. The first-order valence-corrected chi connectivity index (χ1v) is 6.92. The van der Waals surface area contributed by atoms with Crippen molar-refractivity contribution in [3.8, 4) is 22.6 Å². The Kier molecular flexibility index (Phi) is 3.61. The lowest BCUT2D eigenvalue weighted by Gasteiger charge is -2.10. The first kappa shape index (κ1) is 13.0. The molecule has 0 saturated heterocycles. The van der Waals surface area contributed by atoms with Gasteiger partial charge in [0.15, 0.2) is 11.5 Å². The fourth-order valence-corrected chi connectivity index (χ4v) is 2.36. The van der Waals surface area contributed by atoms with Gasteiger partial charge in [-0.3, -0.25) is 0 Å². The number of benzene rings is 2. The van der Waals surface area contributed by atoms with Crippen molar-refractivity contribution in [2.24, 2.45) is 0 Å². The van der Waals surface area contributed by atoms with Crippen molar-refractivity contribution >= 4 is 0 Å². The van der Waals surface area contributed by atoms with Gasteiger partial charge >= 0.3 is 0 Å². The van der Waals surface area contributed by atoms with Gasteiger partial charge in [-0.15, -0.1) is 0 Å². The quantitative estimate of drug-likeness (QED) is 0.924. The summed E-state index contributed by atoms with van der Waals surface area (Å²) < 4.78 is 10.8. The molecule has 3 nitrogen and oxygen atoms in total. The number of hydrogen-bond acceptors (Lipinski definition) is 3. The van der Waals surface area contributed by atoms with Crippen LogP contribution in [0, 0.1) is 0 Å². The summed E-state index contributed by atoms with van der Waals surface area (Å²) in [4.78, 5) is 0. The largest absolute Gasteiger partial charge is 0.454 e. The topological polar surface area (TPSA) is 30.5 Å². The molecular formula is C17H19NO2. The minimum Gasteiger partial charge on any atom is -0.454 e. The van der Waals surface area contributed by atoms with Crippen LogP contribution in [0.2, 0.25) is 0 Å². The molecule has 1 aliphatic heterocycles. The maximum absolute atomic E-state index is 5.42. The number of fused-ring (bicyclic) bond motifs is 1. The van der Waals surface area contributed by atoms with Gasteiger partial charge in [-0.2, -0.15) is 0 Å². The van der Waals surface area contributed by atoms with Gasteiger partial charge in [0.05, 0.1) is 0 Å². The molecule has 3 rings (SSSR count). The zero-order valence-electron chi connectivity index (χ0n) is 11.8. The van der Waals surface area contributed by atoms with Gasteiger partial charge in [-0.1, -0.05) is 30.3 Å². The zero-order chi connectivity index (χ0) is 13.9. The van der Waals surface area contributed by atoms with Gasteiger partial charge in [-0.05, 0) is 49.2 Å². The number of ether oxygens (including phenoxy) is 2. The maximum Gasteiger partial charge on any atom is 0.231 e. The summed E-state index contributed by atoms with van der Waals surface area (Å²) in [5.41, 5.74) is 3.70. The fraction of sp³-hybridized carbons (Fsp3) is 0.294. The predicted molar refractivity (Wildman–Crippen MR) is 80.2 cm³/mol. The van der Waals surface area contributed by atoms with Crippen LogP contribution in [0.3, 0.4) is 0 Å². The summed E-state index contributed by atoms with van der Waals surface area (Å²) in [5, 5.41) is 3.26. The third kappa shape index (κ3) is 2.63. The SMILES string of the molecule is CNC(C)Cc1ccc(-c2ccc3c(c2)OCO3)cc1. The summed E-state index contributed by atoms with van der Waals surface area (Å²) in [7, 11) is 1.99. The Labute approximate surface area is 119 Å². The van der Waals surface area contributed by atoms with Crippen LogP contribution < -0.4 is 14.8 Å². The minimum atomic E-state index is 0.319. The Morgan fingerprint density at radius 2 is 1.70 bits per heavy atom. The lowest BCUT2D eigenvalue weighted by molar-refractivity contribution is 0.174. The maximum atomic E-state index is 5.42. The lowest BCUT2D eigenvalue weighted by Crippen LogP contribution is -2.23. The van der Waals surface area contributed by atoms with Crippen LogP contribution in [0.5, 0.6) is 11.5 Å². The molecule has 0 radical (unpaired) electrons. The molecular weight excluding hydrogens is 250 g/mol. The van der Waals surface area contributed by atoms with Crippen LogP contribution in [0.15, 0.2) is 42.5 Å². The molecule has 1 aliphatic rings. The molecule has 0 saturated carbocycles. The third-order valence-electron chi connectivity index (χ3n) is 3.69. The van der Waals surface area contributed by atoms with Gasteiger partial charge in [0, 0.05) is 6.04 Å². The minimum absolute atomic E-state index is 0.319. The fourth-order valence-electron chi connectivity index (χ4n) is 2.36. The van der Waals surface area contributed by atoms with Crippen molar-refractivity contribution < 1.29 is 9.47 Å². The van der Waals surface area contributed by atoms with Crippen molar-refractivity contribution in [3.63, 3.8) is 0 Å². The Hall–Kier alpha value is -2.00. The molecule has 1 heterocycles. The number of rotatable bonds is 4. The summed E-state index contributed by atoms with van der Waals surface area (Å²) in [6.07, 6.45) is 1.04. The van der Waals surface area contributed by atoms with E-state index < -0.39 is 0 Å². The van der Waals surface area contributed by atoms with Gasteiger partial charge in [0.25, 0.3) is 0 Å². The Balaban J connectivity index is 1.80. The van der Waals surface area contributed by atoms with E-state index in [4.69, 9.17) is 9.47 Å². The van der Waals surface area contributed by atoms with Crippen molar-refractivity contribution in [3.05, 3.63) is 48.0 Å². The van der Waals surface area contributed by atoms with Gasteiger partial charge < -0.3 is 14.8 Å². The van der Waals surface area contributed by atoms with Crippen molar-refractivity contribution in [2.75, 3.05) is 13.8 Å². The molecule has 20 heavy (non-hydrogen) atoms. The van der Waals surface area contributed by atoms with Crippen LogP contribution in [-0.2, 0) is 6.42 Å². The van der Waals surface area contributed by atoms with E-state index in [9.17, 15) is 0 Å². The second-order valence-electron chi connectivity index (χ2n) is 5.16. The van der Waals surface area contributed by atoms with E-state index in [1.54, 1.807) is 0 Å². The molecule has 1 unspecified atom stereocenters. The Bertz CT molecular complexity index is 592. The first-order chi connectivity index (χ1) is 9.76. The Morgan fingerprint density at radius 1 is 1.00 bits per heavy atom. The molecule has 104 valence electrons. The summed E-state index contributed by atoms with van der Waals surface area (Å²) in [6, 6.07) is 15.3. The van der Waals surface area contributed by atoms with E-state index in [1.165, 1.54) is 11.1 Å². The molecule has 1 N–H and O–H groups in total. The van der Waals surface area contributed by atoms with Crippen molar-refractivity contribution in [1.29, 1.82) is 0 Å². The molecule has 0 aliphatic carbocycles. The second-order valence-corrected chi connectivity index (χ2v) is 5.16. The molecule has 0 bridgehead atoms. The van der Waals surface area contributed by atoms with Crippen LogP contribution in [0.1, 0.15) is 12.5 Å². The van der Waals surface area contributed by atoms with Crippen LogP contribution in [-0.4, -0.2) is 19.9 Å². The van der Waals surface area contributed by atoms with Gasteiger partial charge in [0.2, 0.25) is 6.79 Å². The van der Waals surface area contributed by atoms with E-state index in [1.807, 2.05) is 19.2 Å². The number of likely N-dealkylation sites (N-methyl/N-ethyl adjacent to an activating group) is 1. The standard InChI is InChI=1S/C17H19NO2/c1-12(18-2)9-13-3-5-14(6-4-13)15-7-8-16-17(10-15)20-11-19-16/h3-8,10,12,18H,9,11H2,1-2H3. The molecule has 1 atom stereocenters. The van der Waals surface area contributed by atoms with Crippen molar-refractivity contribution in [2.45, 2.75) is 19.4 Å². The van der Waals surface area contributed by atoms with Crippen LogP contribution in [0.25, 0.3) is 11.1 Å². The number of hydrogen-bond donors (Lipinski definition) is 1. The molecule has 0 aromatic heterocycles. The van der Waals surface area contributed by atoms with E-state index in [0.29, 0.717) is 12.8 Å². The lowest BCUT2D eigenvalue weighted by atomic mass is 10.0. The van der Waals surface area contributed by atoms with E-state index in [0.717, 1.165) is 23.5 Å². The van der Waals surface area contributed by atoms with Crippen LogP contribution in [0.4, 0.5) is 0 Å². The zero-order valence-corrected chi connectivity index (χ0v) is 11.8. The third-order valence-corrected chi connectivity index (χ3v) is 3.69. The first-order valence-electron chi connectivity index (χ1n) is 6.92. The van der Waals surface area contributed by atoms with Gasteiger partial charge in [0.1, 0.15) is 0 Å². The molecule has 0 spiro atoms. The molecule has 3 heteroatoms. The van der Waals surface area contributed by atoms with E-state index in [2.05, 4.69) is 42.6 Å². The molecule has 0 amide bonds. The van der Waals surface area contributed by atoms with Crippen molar-refractivity contribution in [1.82, 2.24) is 5.32 Å². The average Bonchev–Trinajstić information content (AvgIpc) is 2.95. The number of nitrogens with one attached hydrogen (secondary N) is 1. The summed E-state index contributed by atoms with van der Waals surface area (Å²) in [6.45, 7) is 2.51. The summed E-state index contributed by atoms with van der Waals surface area (Å²) >= 11 is 0. The molecule has 0 fully saturated rings. The smallest absolute Gasteiger partial charge is 0.231 e. The highest BCUT2D eigenvalue weighted by Gasteiger charge is 2.13.